The molecule has 25 heavy (non-hydrogen) atoms. The minimum absolute atomic E-state index is 0.0160. The smallest absolute Gasteiger partial charge is 0.257 e. The molecule has 2 amide bonds. The molecule has 1 aliphatic rings. The highest BCUT2D eigenvalue weighted by atomic mass is 16.5. The molecule has 1 aromatic heterocycles. The molecular formula is C18H22N4O3. The third-order valence-corrected chi connectivity index (χ3v) is 4.37. The maximum absolute atomic E-state index is 12.3. The van der Waals surface area contributed by atoms with Gasteiger partial charge in [0, 0.05) is 38.5 Å². The summed E-state index contributed by atoms with van der Waals surface area (Å²) in [5.41, 5.74) is 0.872. The Morgan fingerprint density at radius 1 is 1.32 bits per heavy atom. The SMILES string of the molecule is CC(=O)N1CCC[C@@H](C(=O)NCCc2noc(-c3ccccc3)n2)C1. The summed E-state index contributed by atoms with van der Waals surface area (Å²) in [5.74, 6) is 0.915. The lowest BCUT2D eigenvalue weighted by molar-refractivity contribution is -0.133. The molecule has 0 aliphatic carbocycles. The second-order valence-corrected chi connectivity index (χ2v) is 6.23. The highest BCUT2D eigenvalue weighted by molar-refractivity contribution is 5.80. The van der Waals surface area contributed by atoms with Gasteiger partial charge < -0.3 is 14.7 Å². The molecule has 1 aromatic carbocycles. The first-order valence-electron chi connectivity index (χ1n) is 8.54. The number of likely N-dealkylation sites (tertiary alicyclic amines) is 1. The highest BCUT2D eigenvalue weighted by Crippen LogP contribution is 2.17. The quantitative estimate of drug-likeness (QED) is 0.893. The van der Waals surface area contributed by atoms with E-state index < -0.39 is 0 Å². The zero-order valence-corrected chi connectivity index (χ0v) is 14.3. The van der Waals surface area contributed by atoms with Crippen LogP contribution in [0, 0.1) is 5.92 Å². The summed E-state index contributed by atoms with van der Waals surface area (Å²) in [7, 11) is 0. The van der Waals surface area contributed by atoms with Gasteiger partial charge >= 0.3 is 0 Å². The molecule has 7 nitrogen and oxygen atoms in total. The fraction of sp³-hybridized carbons (Fsp3) is 0.444. The molecule has 1 fully saturated rings. The topological polar surface area (TPSA) is 88.3 Å². The lowest BCUT2D eigenvalue weighted by atomic mass is 9.97. The van der Waals surface area contributed by atoms with E-state index in [4.69, 9.17) is 4.52 Å². The van der Waals surface area contributed by atoms with Crippen LogP contribution in [0.2, 0.25) is 0 Å². The number of rotatable bonds is 5. The largest absolute Gasteiger partial charge is 0.355 e. The minimum atomic E-state index is -0.136. The van der Waals surface area contributed by atoms with Crippen LogP contribution in [0.25, 0.3) is 11.5 Å². The molecule has 132 valence electrons. The predicted octanol–water partition coefficient (Wildman–Crippen LogP) is 1.65. The summed E-state index contributed by atoms with van der Waals surface area (Å²) in [6.45, 7) is 3.23. The van der Waals surface area contributed by atoms with Crippen LogP contribution in [0.4, 0.5) is 0 Å². The first kappa shape index (κ1) is 17.1. The van der Waals surface area contributed by atoms with E-state index in [2.05, 4.69) is 15.5 Å². The molecule has 0 radical (unpaired) electrons. The molecule has 1 aliphatic heterocycles. The van der Waals surface area contributed by atoms with E-state index in [1.165, 1.54) is 0 Å². The van der Waals surface area contributed by atoms with E-state index in [1.807, 2.05) is 30.3 Å². The van der Waals surface area contributed by atoms with E-state index >= 15 is 0 Å². The first-order valence-corrected chi connectivity index (χ1v) is 8.54. The Bertz CT molecular complexity index is 729. The second-order valence-electron chi connectivity index (χ2n) is 6.23. The van der Waals surface area contributed by atoms with Crippen molar-refractivity contribution in [2.75, 3.05) is 19.6 Å². The lowest BCUT2D eigenvalue weighted by Crippen LogP contribution is -2.45. The van der Waals surface area contributed by atoms with Gasteiger partial charge in [0.1, 0.15) is 0 Å². The molecule has 0 spiro atoms. The molecule has 0 unspecified atom stereocenters. The van der Waals surface area contributed by atoms with Gasteiger partial charge in [-0.05, 0) is 25.0 Å². The summed E-state index contributed by atoms with van der Waals surface area (Å²) >= 11 is 0. The fourth-order valence-electron chi connectivity index (χ4n) is 2.97. The van der Waals surface area contributed by atoms with Crippen molar-refractivity contribution in [2.24, 2.45) is 5.92 Å². The van der Waals surface area contributed by atoms with Gasteiger partial charge in [0.25, 0.3) is 5.89 Å². The maximum atomic E-state index is 12.3. The van der Waals surface area contributed by atoms with Crippen molar-refractivity contribution in [1.82, 2.24) is 20.4 Å². The maximum Gasteiger partial charge on any atom is 0.257 e. The van der Waals surface area contributed by atoms with Crippen LogP contribution in [0.1, 0.15) is 25.6 Å². The van der Waals surface area contributed by atoms with Crippen molar-refractivity contribution in [3.05, 3.63) is 36.2 Å². The van der Waals surface area contributed by atoms with Gasteiger partial charge in [0.15, 0.2) is 5.82 Å². The Morgan fingerprint density at radius 3 is 2.88 bits per heavy atom. The Labute approximate surface area is 146 Å². The zero-order valence-electron chi connectivity index (χ0n) is 14.3. The van der Waals surface area contributed by atoms with Gasteiger partial charge in [-0.15, -0.1) is 0 Å². The zero-order chi connectivity index (χ0) is 17.6. The Kier molecular flexibility index (Phi) is 5.42. The summed E-state index contributed by atoms with van der Waals surface area (Å²) < 4.78 is 5.25. The molecule has 1 saturated heterocycles. The van der Waals surface area contributed by atoms with Crippen LogP contribution in [0.5, 0.6) is 0 Å². The molecule has 3 rings (SSSR count). The lowest BCUT2D eigenvalue weighted by Gasteiger charge is -2.31. The third kappa shape index (κ3) is 4.43. The molecule has 0 saturated carbocycles. The van der Waals surface area contributed by atoms with Crippen molar-refractivity contribution in [1.29, 1.82) is 0 Å². The van der Waals surface area contributed by atoms with E-state index in [0.29, 0.717) is 31.2 Å². The molecule has 1 atom stereocenters. The van der Waals surface area contributed by atoms with Crippen molar-refractivity contribution >= 4 is 11.8 Å². The van der Waals surface area contributed by atoms with Crippen LogP contribution in [0.15, 0.2) is 34.9 Å². The summed E-state index contributed by atoms with van der Waals surface area (Å²) in [6, 6.07) is 9.56. The van der Waals surface area contributed by atoms with Gasteiger partial charge in [0.2, 0.25) is 11.8 Å². The minimum Gasteiger partial charge on any atom is -0.355 e. The van der Waals surface area contributed by atoms with Crippen molar-refractivity contribution in [2.45, 2.75) is 26.2 Å². The Hall–Kier alpha value is -2.70. The van der Waals surface area contributed by atoms with Gasteiger partial charge in [-0.2, -0.15) is 4.98 Å². The molecule has 0 bridgehead atoms. The number of nitrogens with zero attached hydrogens (tertiary/aromatic N) is 3. The van der Waals surface area contributed by atoms with Crippen LogP contribution in [-0.4, -0.2) is 46.5 Å². The van der Waals surface area contributed by atoms with Crippen molar-refractivity contribution < 1.29 is 14.1 Å². The number of nitrogens with one attached hydrogen (secondary N) is 1. The van der Waals surface area contributed by atoms with E-state index in [0.717, 1.165) is 24.9 Å². The van der Waals surface area contributed by atoms with Gasteiger partial charge in [-0.1, -0.05) is 23.4 Å². The normalized spacial score (nSPS) is 17.3. The second kappa shape index (κ2) is 7.92. The number of hydrogen-bond donors (Lipinski definition) is 1. The number of benzene rings is 1. The molecule has 2 heterocycles. The van der Waals surface area contributed by atoms with Gasteiger partial charge in [-0.25, -0.2) is 0 Å². The summed E-state index contributed by atoms with van der Waals surface area (Å²) in [4.78, 5) is 29.8. The first-order chi connectivity index (χ1) is 12.1. The number of hydrogen-bond acceptors (Lipinski definition) is 5. The summed E-state index contributed by atoms with van der Waals surface area (Å²) in [6.07, 6.45) is 2.18. The van der Waals surface area contributed by atoms with Gasteiger partial charge in [0.05, 0.1) is 5.92 Å². The van der Waals surface area contributed by atoms with Crippen LogP contribution in [0.3, 0.4) is 0 Å². The van der Waals surface area contributed by atoms with Gasteiger partial charge in [-0.3, -0.25) is 9.59 Å². The Balaban J connectivity index is 1.47. The standard InChI is InChI=1S/C18H22N4O3/c1-13(23)22-11-5-8-15(12-22)17(24)19-10-9-16-20-18(25-21-16)14-6-3-2-4-7-14/h2-4,6-7,15H,5,8-12H2,1H3,(H,19,24)/t15-/m1/s1. The predicted molar refractivity (Wildman–Crippen MR) is 91.4 cm³/mol. The Morgan fingerprint density at radius 2 is 2.12 bits per heavy atom. The van der Waals surface area contributed by atoms with Crippen LogP contribution < -0.4 is 5.32 Å². The number of carbonyl (C=O) groups excluding carboxylic acids is 2. The molecular weight excluding hydrogens is 320 g/mol. The molecule has 1 N–H and O–H groups in total. The van der Waals surface area contributed by atoms with E-state index in [-0.39, 0.29) is 17.7 Å². The number of amides is 2. The van der Waals surface area contributed by atoms with E-state index in [9.17, 15) is 9.59 Å². The monoisotopic (exact) mass is 342 g/mol. The number of aromatic nitrogens is 2. The molecule has 7 heteroatoms. The fourth-order valence-corrected chi connectivity index (χ4v) is 2.97. The number of carbonyl (C=O) groups is 2. The van der Waals surface area contributed by atoms with Crippen molar-refractivity contribution in [3.8, 4) is 11.5 Å². The van der Waals surface area contributed by atoms with Crippen molar-refractivity contribution in [3.63, 3.8) is 0 Å². The average molecular weight is 342 g/mol. The third-order valence-electron chi connectivity index (χ3n) is 4.37. The highest BCUT2D eigenvalue weighted by Gasteiger charge is 2.26. The number of piperidine rings is 1. The van der Waals surface area contributed by atoms with Crippen LogP contribution in [-0.2, 0) is 16.0 Å². The summed E-state index contributed by atoms with van der Waals surface area (Å²) in [5, 5.41) is 6.86. The van der Waals surface area contributed by atoms with Crippen LogP contribution >= 0.6 is 0 Å². The molecule has 2 aromatic rings. The van der Waals surface area contributed by atoms with E-state index in [1.54, 1.807) is 11.8 Å². The average Bonchev–Trinajstić information content (AvgIpc) is 3.11.